The normalized spacial score (nSPS) is 12.7. The number of rotatable bonds is 4. The third-order valence-corrected chi connectivity index (χ3v) is 2.80. The molecular formula is C12H12F3N3O. The maximum atomic E-state index is 13.5. The van der Waals surface area contributed by atoms with Gasteiger partial charge in [-0.3, -0.25) is 4.68 Å². The lowest BCUT2D eigenvalue weighted by atomic mass is 10.1. The quantitative estimate of drug-likeness (QED) is 0.865. The van der Waals surface area contributed by atoms with E-state index in [9.17, 15) is 18.3 Å². The first-order valence-electron chi connectivity index (χ1n) is 5.72. The van der Waals surface area contributed by atoms with Crippen LogP contribution in [-0.4, -0.2) is 19.9 Å². The van der Waals surface area contributed by atoms with Gasteiger partial charge >= 0.3 is 0 Å². The summed E-state index contributed by atoms with van der Waals surface area (Å²) in [5.74, 6) is -3.81. The number of hydrogen-bond acceptors (Lipinski definition) is 3. The van der Waals surface area contributed by atoms with Gasteiger partial charge in [0.05, 0.1) is 6.10 Å². The molecular weight excluding hydrogens is 259 g/mol. The monoisotopic (exact) mass is 271 g/mol. The second-order valence-electron chi connectivity index (χ2n) is 3.98. The molecule has 0 fully saturated rings. The molecule has 4 nitrogen and oxygen atoms in total. The summed E-state index contributed by atoms with van der Waals surface area (Å²) >= 11 is 0. The van der Waals surface area contributed by atoms with Crippen LogP contribution in [0.2, 0.25) is 0 Å². The fourth-order valence-corrected chi connectivity index (χ4v) is 1.79. The standard InChI is InChI=1S/C12H12F3N3O/c1-2-18-10(16-6-17-18)5-9(19)7-3-4-8(13)12(15)11(7)14/h3-4,6,9,19H,2,5H2,1H3. The van der Waals surface area contributed by atoms with Crippen LogP contribution in [0.4, 0.5) is 13.2 Å². The molecule has 2 rings (SSSR count). The molecule has 0 saturated heterocycles. The first-order chi connectivity index (χ1) is 9.04. The average molecular weight is 271 g/mol. The van der Waals surface area contributed by atoms with E-state index in [2.05, 4.69) is 10.1 Å². The number of aliphatic hydroxyl groups excluding tert-OH is 1. The topological polar surface area (TPSA) is 50.9 Å². The zero-order chi connectivity index (χ0) is 14.0. The molecule has 0 amide bonds. The van der Waals surface area contributed by atoms with Gasteiger partial charge in [0.2, 0.25) is 0 Å². The Morgan fingerprint density at radius 3 is 2.68 bits per heavy atom. The Hall–Kier alpha value is -1.89. The van der Waals surface area contributed by atoms with E-state index in [1.54, 1.807) is 0 Å². The van der Waals surface area contributed by atoms with Crippen LogP contribution in [-0.2, 0) is 13.0 Å². The Balaban J connectivity index is 2.25. The number of aliphatic hydroxyl groups is 1. The molecule has 1 N–H and O–H groups in total. The number of nitrogens with zero attached hydrogens (tertiary/aromatic N) is 3. The number of halogens is 3. The molecule has 2 aromatic rings. The number of aryl methyl sites for hydroxylation is 1. The van der Waals surface area contributed by atoms with Gasteiger partial charge < -0.3 is 5.11 Å². The van der Waals surface area contributed by atoms with Crippen LogP contribution in [0, 0.1) is 17.5 Å². The lowest BCUT2D eigenvalue weighted by molar-refractivity contribution is 0.167. The van der Waals surface area contributed by atoms with E-state index in [1.807, 2.05) is 6.92 Å². The lowest BCUT2D eigenvalue weighted by Gasteiger charge is -2.12. The van der Waals surface area contributed by atoms with Gasteiger partial charge in [-0.25, -0.2) is 18.2 Å². The molecule has 0 saturated carbocycles. The Kier molecular flexibility index (Phi) is 3.84. The SMILES string of the molecule is CCn1ncnc1CC(O)c1ccc(F)c(F)c1F. The Bertz CT molecular complexity index is 586. The van der Waals surface area contributed by atoms with Crippen molar-refractivity contribution in [2.75, 3.05) is 0 Å². The molecule has 1 aromatic heterocycles. The molecule has 19 heavy (non-hydrogen) atoms. The predicted octanol–water partition coefficient (Wildman–Crippen LogP) is 1.99. The van der Waals surface area contributed by atoms with Gasteiger partial charge in [-0.15, -0.1) is 0 Å². The summed E-state index contributed by atoms with van der Waals surface area (Å²) in [6, 6.07) is 1.80. The third kappa shape index (κ3) is 2.60. The van der Waals surface area contributed by atoms with Gasteiger partial charge in [0.25, 0.3) is 0 Å². The largest absolute Gasteiger partial charge is 0.388 e. The van der Waals surface area contributed by atoms with E-state index < -0.39 is 23.6 Å². The van der Waals surface area contributed by atoms with E-state index in [0.717, 1.165) is 12.1 Å². The first kappa shape index (κ1) is 13.5. The van der Waals surface area contributed by atoms with Crippen molar-refractivity contribution >= 4 is 0 Å². The molecule has 1 atom stereocenters. The lowest BCUT2D eigenvalue weighted by Crippen LogP contribution is -2.11. The summed E-state index contributed by atoms with van der Waals surface area (Å²) in [5.41, 5.74) is -0.301. The van der Waals surface area contributed by atoms with Gasteiger partial charge in [-0.05, 0) is 13.0 Å². The van der Waals surface area contributed by atoms with Crippen LogP contribution in [0.3, 0.4) is 0 Å². The third-order valence-electron chi connectivity index (χ3n) is 2.80. The van der Waals surface area contributed by atoms with E-state index in [1.165, 1.54) is 11.0 Å². The van der Waals surface area contributed by atoms with Crippen molar-refractivity contribution in [3.63, 3.8) is 0 Å². The average Bonchev–Trinajstić information content (AvgIpc) is 2.83. The fourth-order valence-electron chi connectivity index (χ4n) is 1.79. The molecule has 0 radical (unpaired) electrons. The molecule has 0 bridgehead atoms. The zero-order valence-electron chi connectivity index (χ0n) is 10.1. The van der Waals surface area contributed by atoms with Crippen molar-refractivity contribution in [3.05, 3.63) is 47.3 Å². The van der Waals surface area contributed by atoms with Crippen molar-refractivity contribution in [2.45, 2.75) is 26.0 Å². The first-order valence-corrected chi connectivity index (χ1v) is 5.72. The van der Waals surface area contributed by atoms with Crippen LogP contribution < -0.4 is 0 Å². The molecule has 0 aliphatic heterocycles. The second kappa shape index (κ2) is 5.40. The highest BCUT2D eigenvalue weighted by molar-refractivity contribution is 5.23. The van der Waals surface area contributed by atoms with Crippen molar-refractivity contribution in [2.24, 2.45) is 0 Å². The van der Waals surface area contributed by atoms with E-state index >= 15 is 0 Å². The molecule has 1 heterocycles. The van der Waals surface area contributed by atoms with Crippen molar-refractivity contribution < 1.29 is 18.3 Å². The summed E-state index contributed by atoms with van der Waals surface area (Å²) in [6.07, 6.45) is -0.0344. The van der Waals surface area contributed by atoms with E-state index in [4.69, 9.17) is 0 Å². The summed E-state index contributed by atoms with van der Waals surface area (Å²) in [7, 11) is 0. The molecule has 1 unspecified atom stereocenters. The molecule has 7 heteroatoms. The maximum absolute atomic E-state index is 13.5. The van der Waals surface area contributed by atoms with Crippen molar-refractivity contribution in [3.8, 4) is 0 Å². The summed E-state index contributed by atoms with van der Waals surface area (Å²) in [6.45, 7) is 2.38. The Morgan fingerprint density at radius 1 is 1.26 bits per heavy atom. The molecule has 1 aromatic carbocycles. The highest BCUT2D eigenvalue weighted by Crippen LogP contribution is 2.23. The van der Waals surface area contributed by atoms with Gasteiger partial charge in [0.15, 0.2) is 17.5 Å². The van der Waals surface area contributed by atoms with Crippen LogP contribution in [0.5, 0.6) is 0 Å². The highest BCUT2D eigenvalue weighted by Gasteiger charge is 2.21. The molecule has 102 valence electrons. The van der Waals surface area contributed by atoms with E-state index in [-0.39, 0.29) is 12.0 Å². The smallest absolute Gasteiger partial charge is 0.194 e. The minimum absolute atomic E-state index is 0.0319. The highest BCUT2D eigenvalue weighted by atomic mass is 19.2. The number of benzene rings is 1. The Labute approximate surface area is 107 Å². The van der Waals surface area contributed by atoms with Crippen molar-refractivity contribution in [1.29, 1.82) is 0 Å². The number of aromatic nitrogens is 3. The Morgan fingerprint density at radius 2 is 2.00 bits per heavy atom. The van der Waals surface area contributed by atoms with Gasteiger partial charge in [-0.1, -0.05) is 6.07 Å². The molecule has 0 aliphatic carbocycles. The fraction of sp³-hybridized carbons (Fsp3) is 0.333. The maximum Gasteiger partial charge on any atom is 0.194 e. The summed E-state index contributed by atoms with van der Waals surface area (Å²) in [5, 5.41) is 13.8. The minimum atomic E-state index is -1.59. The minimum Gasteiger partial charge on any atom is -0.388 e. The molecule has 0 aliphatic rings. The summed E-state index contributed by atoms with van der Waals surface area (Å²) in [4.78, 5) is 3.92. The van der Waals surface area contributed by atoms with Crippen LogP contribution in [0.15, 0.2) is 18.5 Å². The zero-order valence-corrected chi connectivity index (χ0v) is 10.1. The molecule has 0 spiro atoms. The van der Waals surface area contributed by atoms with Gasteiger partial charge in [0.1, 0.15) is 12.2 Å². The van der Waals surface area contributed by atoms with Gasteiger partial charge in [-0.2, -0.15) is 5.10 Å². The predicted molar refractivity (Wildman–Crippen MR) is 60.7 cm³/mol. The van der Waals surface area contributed by atoms with Crippen LogP contribution >= 0.6 is 0 Å². The number of hydrogen-bond donors (Lipinski definition) is 1. The van der Waals surface area contributed by atoms with Crippen LogP contribution in [0.1, 0.15) is 24.4 Å². The summed E-state index contributed by atoms with van der Waals surface area (Å²) < 4.78 is 40.9. The van der Waals surface area contributed by atoms with Gasteiger partial charge in [0, 0.05) is 18.5 Å². The van der Waals surface area contributed by atoms with Crippen LogP contribution in [0.25, 0.3) is 0 Å². The van der Waals surface area contributed by atoms with E-state index in [0.29, 0.717) is 12.4 Å². The van der Waals surface area contributed by atoms with Crippen molar-refractivity contribution in [1.82, 2.24) is 14.8 Å². The second-order valence-corrected chi connectivity index (χ2v) is 3.98.